The Kier molecular flexibility index (Phi) is 5.57. The number of nitro groups is 1. The molecule has 0 N–H and O–H groups in total. The predicted molar refractivity (Wildman–Crippen MR) is 106 cm³/mol. The Hall–Kier alpha value is -2.65. The van der Waals surface area contributed by atoms with Crippen LogP contribution in [0.25, 0.3) is 0 Å². The predicted octanol–water partition coefficient (Wildman–Crippen LogP) is 2.60. The van der Waals surface area contributed by atoms with Gasteiger partial charge < -0.3 is 4.90 Å². The van der Waals surface area contributed by atoms with Crippen molar-refractivity contribution in [2.45, 2.75) is 13.0 Å². The molecule has 0 aliphatic carbocycles. The van der Waals surface area contributed by atoms with E-state index in [4.69, 9.17) is 11.6 Å². The number of benzene rings is 2. The molecule has 148 valence electrons. The van der Waals surface area contributed by atoms with Crippen LogP contribution in [-0.2, 0) is 27.8 Å². The molecule has 0 saturated carbocycles. The third-order valence-electron chi connectivity index (χ3n) is 4.56. The standard InChI is InChI=1S/C18H18ClN3O5S/c1-28(26,27)21(16-6-3-15(19)4-7-16)12-18(23)20-9-8-13-2-5-17(22(24)25)10-14(13)11-20/h2-7,10H,8-9,11-12H2,1H3. The highest BCUT2D eigenvalue weighted by Crippen LogP contribution is 2.25. The van der Waals surface area contributed by atoms with E-state index < -0.39 is 14.9 Å². The molecule has 0 atom stereocenters. The van der Waals surface area contributed by atoms with E-state index in [-0.39, 0.29) is 24.7 Å². The van der Waals surface area contributed by atoms with Crippen LogP contribution in [0.2, 0.25) is 5.02 Å². The molecule has 0 saturated heterocycles. The lowest BCUT2D eigenvalue weighted by Crippen LogP contribution is -2.44. The van der Waals surface area contributed by atoms with E-state index in [0.29, 0.717) is 29.2 Å². The van der Waals surface area contributed by atoms with Gasteiger partial charge in [-0.1, -0.05) is 17.7 Å². The molecular weight excluding hydrogens is 406 g/mol. The van der Waals surface area contributed by atoms with Gasteiger partial charge in [0.05, 0.1) is 16.9 Å². The Morgan fingerprint density at radius 2 is 1.89 bits per heavy atom. The Bertz CT molecular complexity index is 1020. The SMILES string of the molecule is CS(=O)(=O)N(CC(=O)N1CCc2ccc([N+](=O)[O-])cc2C1)c1ccc(Cl)cc1. The number of carbonyl (C=O) groups is 1. The highest BCUT2D eigenvalue weighted by atomic mass is 35.5. The Morgan fingerprint density at radius 3 is 2.50 bits per heavy atom. The topological polar surface area (TPSA) is 101 Å². The monoisotopic (exact) mass is 423 g/mol. The number of nitro benzene ring substituents is 1. The van der Waals surface area contributed by atoms with E-state index in [1.165, 1.54) is 29.2 Å². The second-order valence-corrected chi connectivity index (χ2v) is 8.86. The number of fused-ring (bicyclic) bond motifs is 1. The first-order valence-electron chi connectivity index (χ1n) is 8.42. The number of hydrogen-bond donors (Lipinski definition) is 0. The van der Waals surface area contributed by atoms with Gasteiger partial charge in [0.15, 0.2) is 0 Å². The zero-order chi connectivity index (χ0) is 20.5. The Labute approximate surface area is 167 Å². The van der Waals surface area contributed by atoms with Crippen LogP contribution in [0.15, 0.2) is 42.5 Å². The third-order valence-corrected chi connectivity index (χ3v) is 5.95. The minimum Gasteiger partial charge on any atom is -0.336 e. The molecule has 1 aliphatic rings. The van der Waals surface area contributed by atoms with Crippen LogP contribution in [0, 0.1) is 10.1 Å². The summed E-state index contributed by atoms with van der Waals surface area (Å²) >= 11 is 5.85. The Balaban J connectivity index is 1.80. The van der Waals surface area contributed by atoms with E-state index >= 15 is 0 Å². The van der Waals surface area contributed by atoms with Crippen LogP contribution in [0.4, 0.5) is 11.4 Å². The van der Waals surface area contributed by atoms with Gasteiger partial charge in [-0.2, -0.15) is 0 Å². The van der Waals surface area contributed by atoms with E-state index in [1.54, 1.807) is 18.2 Å². The summed E-state index contributed by atoms with van der Waals surface area (Å²) in [6, 6.07) is 10.8. The summed E-state index contributed by atoms with van der Waals surface area (Å²) in [6.45, 7) is 0.265. The molecule has 1 amide bonds. The maximum Gasteiger partial charge on any atom is 0.269 e. The van der Waals surface area contributed by atoms with Crippen molar-refractivity contribution in [2.24, 2.45) is 0 Å². The highest BCUT2D eigenvalue weighted by molar-refractivity contribution is 7.92. The first kappa shape index (κ1) is 20.1. The highest BCUT2D eigenvalue weighted by Gasteiger charge is 2.27. The largest absolute Gasteiger partial charge is 0.336 e. The summed E-state index contributed by atoms with van der Waals surface area (Å²) in [6.07, 6.45) is 1.59. The number of halogens is 1. The van der Waals surface area contributed by atoms with Crippen molar-refractivity contribution in [3.05, 3.63) is 68.7 Å². The quantitative estimate of drug-likeness (QED) is 0.543. The molecular formula is C18H18ClN3O5S. The summed E-state index contributed by atoms with van der Waals surface area (Å²) in [7, 11) is -3.69. The number of hydrogen-bond acceptors (Lipinski definition) is 5. The molecule has 28 heavy (non-hydrogen) atoms. The summed E-state index contributed by atoms with van der Waals surface area (Å²) in [4.78, 5) is 24.8. The molecule has 0 aromatic heterocycles. The van der Waals surface area contributed by atoms with E-state index in [1.807, 2.05) is 0 Å². The van der Waals surface area contributed by atoms with Crippen molar-refractivity contribution in [1.82, 2.24) is 4.90 Å². The molecule has 10 heteroatoms. The van der Waals surface area contributed by atoms with E-state index in [9.17, 15) is 23.3 Å². The maximum absolute atomic E-state index is 12.8. The number of sulfonamides is 1. The minimum absolute atomic E-state index is 0.0352. The summed E-state index contributed by atoms with van der Waals surface area (Å²) < 4.78 is 25.4. The molecule has 2 aromatic rings. The minimum atomic E-state index is -3.69. The van der Waals surface area contributed by atoms with Crippen molar-refractivity contribution < 1.29 is 18.1 Å². The van der Waals surface area contributed by atoms with Crippen LogP contribution in [0.5, 0.6) is 0 Å². The fourth-order valence-corrected chi connectivity index (χ4v) is 4.08. The summed E-state index contributed by atoms with van der Waals surface area (Å²) in [5.41, 5.74) is 1.96. The van der Waals surface area contributed by atoms with E-state index in [0.717, 1.165) is 16.1 Å². The Morgan fingerprint density at radius 1 is 1.21 bits per heavy atom. The lowest BCUT2D eigenvalue weighted by Gasteiger charge is -2.31. The summed E-state index contributed by atoms with van der Waals surface area (Å²) in [5, 5.41) is 11.4. The number of rotatable bonds is 5. The van der Waals surface area contributed by atoms with Crippen molar-refractivity contribution in [1.29, 1.82) is 0 Å². The molecule has 8 nitrogen and oxygen atoms in total. The number of non-ortho nitro benzene ring substituents is 1. The van der Waals surface area contributed by atoms with E-state index in [2.05, 4.69) is 0 Å². The fourth-order valence-electron chi connectivity index (χ4n) is 3.10. The smallest absolute Gasteiger partial charge is 0.269 e. The van der Waals surface area contributed by atoms with Crippen molar-refractivity contribution in [3.8, 4) is 0 Å². The molecule has 0 spiro atoms. The van der Waals surface area contributed by atoms with Gasteiger partial charge in [-0.3, -0.25) is 19.2 Å². The average molecular weight is 424 g/mol. The lowest BCUT2D eigenvalue weighted by atomic mass is 9.99. The van der Waals surface area contributed by atoms with Gasteiger partial charge in [-0.25, -0.2) is 8.42 Å². The van der Waals surface area contributed by atoms with Crippen LogP contribution in [0.3, 0.4) is 0 Å². The number of amides is 1. The first-order chi connectivity index (χ1) is 13.1. The van der Waals surface area contributed by atoms with Gasteiger partial charge >= 0.3 is 0 Å². The van der Waals surface area contributed by atoms with Gasteiger partial charge in [0, 0.05) is 30.2 Å². The molecule has 0 radical (unpaired) electrons. The molecule has 0 fully saturated rings. The molecule has 0 unspecified atom stereocenters. The van der Waals surface area contributed by atoms with Gasteiger partial charge in [-0.05, 0) is 41.8 Å². The molecule has 1 heterocycles. The van der Waals surface area contributed by atoms with Crippen LogP contribution in [0.1, 0.15) is 11.1 Å². The molecule has 3 rings (SSSR count). The third kappa shape index (κ3) is 4.42. The normalized spacial score (nSPS) is 13.7. The van der Waals surface area contributed by atoms with Gasteiger partial charge in [0.1, 0.15) is 6.54 Å². The average Bonchev–Trinajstić information content (AvgIpc) is 2.65. The van der Waals surface area contributed by atoms with Crippen molar-refractivity contribution >= 4 is 38.9 Å². The maximum atomic E-state index is 12.8. The van der Waals surface area contributed by atoms with Crippen molar-refractivity contribution in [3.63, 3.8) is 0 Å². The number of anilines is 1. The second-order valence-electron chi connectivity index (χ2n) is 6.52. The zero-order valence-corrected chi connectivity index (χ0v) is 16.6. The van der Waals surface area contributed by atoms with Crippen LogP contribution in [-0.4, -0.2) is 43.5 Å². The van der Waals surface area contributed by atoms with Gasteiger partial charge in [0.2, 0.25) is 15.9 Å². The van der Waals surface area contributed by atoms with Gasteiger partial charge in [-0.15, -0.1) is 0 Å². The van der Waals surface area contributed by atoms with Gasteiger partial charge in [0.25, 0.3) is 5.69 Å². The molecule has 1 aliphatic heterocycles. The summed E-state index contributed by atoms with van der Waals surface area (Å²) in [5.74, 6) is -0.377. The molecule has 0 bridgehead atoms. The fraction of sp³-hybridized carbons (Fsp3) is 0.278. The molecule has 2 aromatic carbocycles. The van der Waals surface area contributed by atoms with Crippen molar-refractivity contribution in [2.75, 3.05) is 23.7 Å². The zero-order valence-electron chi connectivity index (χ0n) is 15.0. The lowest BCUT2D eigenvalue weighted by molar-refractivity contribution is -0.385. The second kappa shape index (κ2) is 7.76. The number of nitrogens with zero attached hydrogens (tertiary/aromatic N) is 3. The number of carbonyl (C=O) groups excluding carboxylic acids is 1. The van der Waals surface area contributed by atoms with Crippen LogP contribution >= 0.6 is 11.6 Å². The first-order valence-corrected chi connectivity index (χ1v) is 10.6. The van der Waals surface area contributed by atoms with Crippen LogP contribution < -0.4 is 4.31 Å².